The van der Waals surface area contributed by atoms with Crippen molar-refractivity contribution in [3.05, 3.63) is 77.4 Å². The molecule has 1 N–H and O–H groups in total. The number of aryl methyl sites for hydroxylation is 3. The minimum Gasteiger partial charge on any atom is -0.347 e. The molecule has 0 saturated heterocycles. The maximum absolute atomic E-state index is 12.5. The van der Waals surface area contributed by atoms with Gasteiger partial charge in [0, 0.05) is 37.7 Å². The molecule has 0 atom stereocenters. The summed E-state index contributed by atoms with van der Waals surface area (Å²) >= 11 is 0. The highest BCUT2D eigenvalue weighted by molar-refractivity contribution is 5.94. The fourth-order valence-corrected chi connectivity index (χ4v) is 2.68. The van der Waals surface area contributed by atoms with Gasteiger partial charge < -0.3 is 9.88 Å². The van der Waals surface area contributed by atoms with Gasteiger partial charge in [-0.15, -0.1) is 0 Å². The van der Waals surface area contributed by atoms with Crippen LogP contribution >= 0.6 is 0 Å². The van der Waals surface area contributed by atoms with E-state index in [0.717, 1.165) is 16.7 Å². The first-order valence-corrected chi connectivity index (χ1v) is 7.95. The molecule has 0 unspecified atom stereocenters. The van der Waals surface area contributed by atoms with Crippen LogP contribution in [0.2, 0.25) is 0 Å². The Morgan fingerprint density at radius 2 is 1.79 bits per heavy atom. The van der Waals surface area contributed by atoms with Crippen LogP contribution in [0.5, 0.6) is 0 Å². The zero-order chi connectivity index (χ0) is 17.1. The van der Waals surface area contributed by atoms with E-state index < -0.39 is 0 Å². The number of carbonyl (C=O) groups is 1. The van der Waals surface area contributed by atoms with Gasteiger partial charge >= 0.3 is 0 Å². The van der Waals surface area contributed by atoms with Crippen molar-refractivity contribution < 1.29 is 4.79 Å². The van der Waals surface area contributed by atoms with Gasteiger partial charge in [0.1, 0.15) is 5.69 Å². The van der Waals surface area contributed by atoms with Gasteiger partial charge in [0.15, 0.2) is 0 Å². The quantitative estimate of drug-likeness (QED) is 0.798. The Bertz CT molecular complexity index is 866. The Morgan fingerprint density at radius 3 is 2.50 bits per heavy atom. The predicted molar refractivity (Wildman–Crippen MR) is 95.7 cm³/mol. The topological polar surface area (TPSA) is 46.9 Å². The Morgan fingerprint density at radius 1 is 1.04 bits per heavy atom. The molecule has 1 aromatic carbocycles. The molecule has 4 nitrogen and oxygen atoms in total. The summed E-state index contributed by atoms with van der Waals surface area (Å²) in [6.07, 6.45) is 5.46. The van der Waals surface area contributed by atoms with E-state index in [-0.39, 0.29) is 5.91 Å². The van der Waals surface area contributed by atoms with E-state index in [1.54, 1.807) is 12.4 Å². The first kappa shape index (κ1) is 16.0. The number of aromatic nitrogens is 2. The van der Waals surface area contributed by atoms with Crippen molar-refractivity contribution >= 4 is 5.91 Å². The van der Waals surface area contributed by atoms with Gasteiger partial charge in [0.05, 0.1) is 0 Å². The molecule has 0 spiro atoms. The van der Waals surface area contributed by atoms with E-state index in [2.05, 4.69) is 42.3 Å². The number of nitrogens with one attached hydrogen (secondary N) is 1. The molecule has 122 valence electrons. The van der Waals surface area contributed by atoms with Gasteiger partial charge in [0.25, 0.3) is 5.91 Å². The molecule has 3 aromatic rings. The lowest BCUT2D eigenvalue weighted by atomic mass is 10.1. The summed E-state index contributed by atoms with van der Waals surface area (Å²) in [5.74, 6) is -0.0731. The van der Waals surface area contributed by atoms with E-state index in [1.165, 1.54) is 11.1 Å². The van der Waals surface area contributed by atoms with Crippen LogP contribution in [0.25, 0.3) is 11.1 Å². The standard InChI is InChI=1S/C20H21N3O/c1-14-4-5-16(10-15(14)2)12-22-20(24)19-11-18(13-23(19)3)17-6-8-21-9-7-17/h4-11,13H,12H2,1-3H3,(H,22,24). The summed E-state index contributed by atoms with van der Waals surface area (Å²) in [5, 5.41) is 3.00. The molecule has 2 heterocycles. The number of amides is 1. The third-order valence-corrected chi connectivity index (χ3v) is 4.28. The Kier molecular flexibility index (Phi) is 4.47. The summed E-state index contributed by atoms with van der Waals surface area (Å²) in [5.41, 5.74) is 6.31. The Labute approximate surface area is 142 Å². The molecule has 0 saturated carbocycles. The maximum atomic E-state index is 12.5. The summed E-state index contributed by atoms with van der Waals surface area (Å²) in [7, 11) is 1.88. The van der Waals surface area contributed by atoms with Crippen molar-refractivity contribution in [2.24, 2.45) is 7.05 Å². The monoisotopic (exact) mass is 319 g/mol. The molecule has 4 heteroatoms. The highest BCUT2D eigenvalue weighted by Crippen LogP contribution is 2.21. The van der Waals surface area contributed by atoms with Crippen LogP contribution in [0.15, 0.2) is 55.0 Å². The number of benzene rings is 1. The van der Waals surface area contributed by atoms with E-state index in [9.17, 15) is 4.79 Å². The van der Waals surface area contributed by atoms with Crippen LogP contribution in [-0.2, 0) is 13.6 Å². The summed E-state index contributed by atoms with van der Waals surface area (Å²) in [6.45, 7) is 4.69. The largest absolute Gasteiger partial charge is 0.347 e. The van der Waals surface area contributed by atoms with E-state index in [0.29, 0.717) is 12.2 Å². The van der Waals surface area contributed by atoms with Crippen molar-refractivity contribution in [3.8, 4) is 11.1 Å². The van der Waals surface area contributed by atoms with Gasteiger partial charge in [-0.25, -0.2) is 0 Å². The third kappa shape index (κ3) is 3.38. The second kappa shape index (κ2) is 6.71. The van der Waals surface area contributed by atoms with Crippen molar-refractivity contribution in [3.63, 3.8) is 0 Å². The zero-order valence-electron chi connectivity index (χ0n) is 14.2. The number of nitrogens with zero attached hydrogens (tertiary/aromatic N) is 2. The SMILES string of the molecule is Cc1ccc(CNC(=O)c2cc(-c3ccncc3)cn2C)cc1C. The van der Waals surface area contributed by atoms with Crippen LogP contribution in [0.3, 0.4) is 0 Å². The van der Waals surface area contributed by atoms with Gasteiger partial charge in [-0.1, -0.05) is 18.2 Å². The Hall–Kier alpha value is -2.88. The smallest absolute Gasteiger partial charge is 0.268 e. The number of hydrogen-bond donors (Lipinski definition) is 1. The van der Waals surface area contributed by atoms with Crippen LogP contribution in [0.4, 0.5) is 0 Å². The molecular weight excluding hydrogens is 298 g/mol. The highest BCUT2D eigenvalue weighted by atomic mass is 16.1. The third-order valence-electron chi connectivity index (χ3n) is 4.28. The molecule has 2 aromatic heterocycles. The van der Waals surface area contributed by atoms with E-state index in [1.807, 2.05) is 36.0 Å². The number of hydrogen-bond acceptors (Lipinski definition) is 2. The minimum atomic E-state index is -0.0731. The first-order chi connectivity index (χ1) is 11.5. The molecule has 0 bridgehead atoms. The van der Waals surface area contributed by atoms with Crippen LogP contribution in [0, 0.1) is 13.8 Å². The summed E-state index contributed by atoms with van der Waals surface area (Å²) in [4.78, 5) is 16.5. The van der Waals surface area contributed by atoms with Crippen LogP contribution < -0.4 is 5.32 Å². The van der Waals surface area contributed by atoms with Crippen molar-refractivity contribution in [1.82, 2.24) is 14.9 Å². The summed E-state index contributed by atoms with van der Waals surface area (Å²) in [6, 6.07) is 12.0. The number of carbonyl (C=O) groups excluding carboxylic acids is 1. The van der Waals surface area contributed by atoms with Crippen molar-refractivity contribution in [2.45, 2.75) is 20.4 Å². The molecule has 0 aliphatic rings. The normalized spacial score (nSPS) is 10.6. The maximum Gasteiger partial charge on any atom is 0.268 e. The van der Waals surface area contributed by atoms with Crippen LogP contribution in [0.1, 0.15) is 27.2 Å². The van der Waals surface area contributed by atoms with E-state index >= 15 is 0 Å². The molecule has 0 aliphatic carbocycles. The minimum absolute atomic E-state index is 0.0731. The first-order valence-electron chi connectivity index (χ1n) is 7.95. The number of rotatable bonds is 4. The van der Waals surface area contributed by atoms with Gasteiger partial charge in [-0.2, -0.15) is 0 Å². The van der Waals surface area contributed by atoms with E-state index in [4.69, 9.17) is 0 Å². The number of pyridine rings is 1. The average molecular weight is 319 g/mol. The molecule has 0 fully saturated rings. The molecular formula is C20H21N3O. The lowest BCUT2D eigenvalue weighted by Gasteiger charge is -2.08. The fraction of sp³-hybridized carbons (Fsp3) is 0.200. The van der Waals surface area contributed by atoms with Gasteiger partial charge in [0.2, 0.25) is 0 Å². The molecule has 3 rings (SSSR count). The second-order valence-corrected chi connectivity index (χ2v) is 6.06. The zero-order valence-corrected chi connectivity index (χ0v) is 14.2. The van der Waals surface area contributed by atoms with Crippen LogP contribution in [-0.4, -0.2) is 15.5 Å². The fourth-order valence-electron chi connectivity index (χ4n) is 2.68. The highest BCUT2D eigenvalue weighted by Gasteiger charge is 2.12. The van der Waals surface area contributed by atoms with Crippen molar-refractivity contribution in [2.75, 3.05) is 0 Å². The summed E-state index contributed by atoms with van der Waals surface area (Å²) < 4.78 is 1.85. The lowest BCUT2D eigenvalue weighted by molar-refractivity contribution is 0.0943. The molecule has 24 heavy (non-hydrogen) atoms. The second-order valence-electron chi connectivity index (χ2n) is 6.06. The lowest BCUT2D eigenvalue weighted by Crippen LogP contribution is -2.24. The van der Waals surface area contributed by atoms with Crippen molar-refractivity contribution in [1.29, 1.82) is 0 Å². The predicted octanol–water partition coefficient (Wildman–Crippen LogP) is 3.63. The molecule has 0 aliphatic heterocycles. The molecule has 1 amide bonds. The van der Waals surface area contributed by atoms with Gasteiger partial charge in [-0.3, -0.25) is 9.78 Å². The Balaban J connectivity index is 1.73. The molecule has 0 radical (unpaired) electrons. The van der Waals surface area contributed by atoms with Gasteiger partial charge in [-0.05, 0) is 54.3 Å². The average Bonchev–Trinajstić information content (AvgIpc) is 2.98.